The fourth-order valence-corrected chi connectivity index (χ4v) is 1.84. The minimum absolute atomic E-state index is 0.0662. The molecule has 0 aliphatic heterocycles. The topological polar surface area (TPSA) is 48.9 Å². The van der Waals surface area contributed by atoms with E-state index < -0.39 is 17.5 Å². The van der Waals surface area contributed by atoms with Gasteiger partial charge in [0.05, 0.1) is 11.1 Å². The molecule has 96 valence electrons. The minimum Gasteiger partial charge on any atom is -0.507 e. The molecule has 0 spiro atoms. The average molecular weight is 264 g/mol. The van der Waals surface area contributed by atoms with E-state index in [1.807, 2.05) is 0 Å². The molecule has 0 radical (unpaired) electrons. The molecule has 0 fully saturated rings. The molecule has 0 bridgehead atoms. The number of aromatic amines is 1. The third-order valence-corrected chi connectivity index (χ3v) is 2.76. The summed E-state index contributed by atoms with van der Waals surface area (Å²) in [4.78, 5) is 6.55. The Hall–Kier alpha value is -2.50. The SMILES string of the molecule is Oc1ccc(F)cc1-c1nc2c(F)c(F)ccc2[nH]1. The van der Waals surface area contributed by atoms with Crippen LogP contribution in [0.1, 0.15) is 0 Å². The molecule has 0 aliphatic carbocycles. The van der Waals surface area contributed by atoms with Gasteiger partial charge in [-0.25, -0.2) is 18.2 Å². The number of nitrogens with zero attached hydrogens (tertiary/aromatic N) is 1. The summed E-state index contributed by atoms with van der Waals surface area (Å²) in [5.41, 5.74) is 0.146. The second-order valence-electron chi connectivity index (χ2n) is 4.00. The van der Waals surface area contributed by atoms with Gasteiger partial charge < -0.3 is 10.1 Å². The first kappa shape index (κ1) is 11.6. The Labute approximate surface area is 105 Å². The van der Waals surface area contributed by atoms with Crippen LogP contribution in [-0.4, -0.2) is 15.1 Å². The van der Waals surface area contributed by atoms with E-state index in [0.29, 0.717) is 0 Å². The van der Waals surface area contributed by atoms with Crippen molar-refractivity contribution < 1.29 is 18.3 Å². The number of phenolic OH excluding ortho intramolecular Hbond substituents is 1. The molecule has 3 aromatic rings. The quantitative estimate of drug-likeness (QED) is 0.708. The van der Waals surface area contributed by atoms with Crippen LogP contribution in [0.5, 0.6) is 5.75 Å². The van der Waals surface area contributed by atoms with Crippen LogP contribution >= 0.6 is 0 Å². The van der Waals surface area contributed by atoms with Gasteiger partial charge in [-0.05, 0) is 30.3 Å². The number of hydrogen-bond donors (Lipinski definition) is 2. The van der Waals surface area contributed by atoms with E-state index in [1.165, 1.54) is 6.07 Å². The summed E-state index contributed by atoms with van der Waals surface area (Å²) in [7, 11) is 0. The Morgan fingerprint density at radius 3 is 2.63 bits per heavy atom. The van der Waals surface area contributed by atoms with Gasteiger partial charge in [-0.3, -0.25) is 0 Å². The summed E-state index contributed by atoms with van der Waals surface area (Å²) in [6, 6.07) is 5.59. The highest BCUT2D eigenvalue weighted by atomic mass is 19.2. The molecule has 2 aromatic carbocycles. The second kappa shape index (κ2) is 4.01. The molecule has 1 heterocycles. The number of halogens is 3. The van der Waals surface area contributed by atoms with E-state index in [0.717, 1.165) is 24.3 Å². The molecule has 3 nitrogen and oxygen atoms in total. The molecular weight excluding hydrogens is 257 g/mol. The van der Waals surface area contributed by atoms with E-state index in [1.54, 1.807) is 0 Å². The van der Waals surface area contributed by atoms with Crippen LogP contribution in [0.3, 0.4) is 0 Å². The van der Waals surface area contributed by atoms with E-state index >= 15 is 0 Å². The molecule has 3 rings (SSSR count). The van der Waals surface area contributed by atoms with Crippen molar-refractivity contribution >= 4 is 11.0 Å². The lowest BCUT2D eigenvalue weighted by molar-refractivity contribution is 0.475. The van der Waals surface area contributed by atoms with E-state index in [-0.39, 0.29) is 28.2 Å². The number of nitrogens with one attached hydrogen (secondary N) is 1. The van der Waals surface area contributed by atoms with Gasteiger partial charge in [0.15, 0.2) is 11.6 Å². The zero-order valence-corrected chi connectivity index (χ0v) is 9.42. The predicted molar refractivity (Wildman–Crippen MR) is 63.1 cm³/mol. The van der Waals surface area contributed by atoms with Crippen molar-refractivity contribution in [2.45, 2.75) is 0 Å². The van der Waals surface area contributed by atoms with Crippen LogP contribution in [0.2, 0.25) is 0 Å². The van der Waals surface area contributed by atoms with Crippen molar-refractivity contribution in [3.63, 3.8) is 0 Å². The Morgan fingerprint density at radius 2 is 1.84 bits per heavy atom. The number of aromatic nitrogens is 2. The average Bonchev–Trinajstić information content (AvgIpc) is 2.81. The van der Waals surface area contributed by atoms with Gasteiger partial charge >= 0.3 is 0 Å². The van der Waals surface area contributed by atoms with Crippen molar-refractivity contribution in [3.05, 3.63) is 47.8 Å². The van der Waals surface area contributed by atoms with E-state index in [4.69, 9.17) is 0 Å². The maximum atomic E-state index is 13.5. The van der Waals surface area contributed by atoms with Gasteiger partial charge in [0.2, 0.25) is 0 Å². The third-order valence-electron chi connectivity index (χ3n) is 2.76. The first-order valence-electron chi connectivity index (χ1n) is 5.39. The summed E-state index contributed by atoms with van der Waals surface area (Å²) in [5, 5.41) is 9.64. The van der Waals surface area contributed by atoms with E-state index in [2.05, 4.69) is 9.97 Å². The van der Waals surface area contributed by atoms with Gasteiger partial charge in [-0.1, -0.05) is 0 Å². The number of hydrogen-bond acceptors (Lipinski definition) is 2. The zero-order chi connectivity index (χ0) is 13.6. The van der Waals surface area contributed by atoms with E-state index in [9.17, 15) is 18.3 Å². The van der Waals surface area contributed by atoms with Crippen LogP contribution in [0.4, 0.5) is 13.2 Å². The lowest BCUT2D eigenvalue weighted by atomic mass is 10.2. The summed E-state index contributed by atoms with van der Waals surface area (Å²) in [5.74, 6) is -2.82. The van der Waals surface area contributed by atoms with Gasteiger partial charge in [0.1, 0.15) is 22.9 Å². The maximum Gasteiger partial charge on any atom is 0.186 e. The maximum absolute atomic E-state index is 13.5. The normalized spacial score (nSPS) is 11.1. The highest BCUT2D eigenvalue weighted by molar-refractivity contribution is 5.81. The minimum atomic E-state index is -1.09. The molecule has 1 aromatic heterocycles. The molecule has 0 saturated carbocycles. The Kier molecular flexibility index (Phi) is 2.45. The first-order valence-corrected chi connectivity index (χ1v) is 5.39. The van der Waals surface area contributed by atoms with Gasteiger partial charge in [0.25, 0.3) is 0 Å². The zero-order valence-electron chi connectivity index (χ0n) is 9.42. The molecule has 0 atom stereocenters. The monoisotopic (exact) mass is 264 g/mol. The highest BCUT2D eigenvalue weighted by Gasteiger charge is 2.15. The molecule has 2 N–H and O–H groups in total. The number of rotatable bonds is 1. The Bertz CT molecular complexity index is 783. The number of aromatic hydroxyl groups is 1. The van der Waals surface area contributed by atoms with Crippen molar-refractivity contribution in [3.8, 4) is 17.1 Å². The van der Waals surface area contributed by atoms with Crippen LogP contribution in [-0.2, 0) is 0 Å². The number of imidazole rings is 1. The molecule has 0 saturated heterocycles. The number of benzene rings is 2. The summed E-state index contributed by atoms with van der Waals surface area (Å²) >= 11 is 0. The van der Waals surface area contributed by atoms with Gasteiger partial charge in [-0.2, -0.15) is 0 Å². The van der Waals surface area contributed by atoms with Crippen molar-refractivity contribution in [1.82, 2.24) is 9.97 Å². The second-order valence-corrected chi connectivity index (χ2v) is 4.00. The smallest absolute Gasteiger partial charge is 0.186 e. The molecular formula is C13H7F3N2O. The summed E-state index contributed by atoms with van der Waals surface area (Å²) in [6.07, 6.45) is 0. The standard InChI is InChI=1S/C13H7F3N2O/c14-6-1-4-10(19)7(5-6)13-17-9-3-2-8(15)11(16)12(9)18-13/h1-5,19H,(H,17,18). The highest BCUT2D eigenvalue weighted by Crippen LogP contribution is 2.30. The van der Waals surface area contributed by atoms with Gasteiger partial charge in [0, 0.05) is 0 Å². The number of H-pyrrole nitrogens is 1. The number of phenols is 1. The third kappa shape index (κ3) is 1.81. The first-order chi connectivity index (χ1) is 9.06. The summed E-state index contributed by atoms with van der Waals surface area (Å²) < 4.78 is 39.7. The Balaban J connectivity index is 2.26. The van der Waals surface area contributed by atoms with Crippen LogP contribution in [0.15, 0.2) is 30.3 Å². The van der Waals surface area contributed by atoms with Crippen LogP contribution in [0.25, 0.3) is 22.4 Å². The van der Waals surface area contributed by atoms with Gasteiger partial charge in [-0.15, -0.1) is 0 Å². The molecule has 0 unspecified atom stereocenters. The van der Waals surface area contributed by atoms with Crippen molar-refractivity contribution in [1.29, 1.82) is 0 Å². The van der Waals surface area contributed by atoms with Crippen LogP contribution < -0.4 is 0 Å². The molecule has 19 heavy (non-hydrogen) atoms. The fraction of sp³-hybridized carbons (Fsp3) is 0. The molecule has 0 aliphatic rings. The Morgan fingerprint density at radius 1 is 1.05 bits per heavy atom. The molecule has 6 heteroatoms. The fourth-order valence-electron chi connectivity index (χ4n) is 1.84. The largest absolute Gasteiger partial charge is 0.507 e. The lowest BCUT2D eigenvalue weighted by Crippen LogP contribution is -1.85. The molecule has 0 amide bonds. The number of fused-ring (bicyclic) bond motifs is 1. The predicted octanol–water partition coefficient (Wildman–Crippen LogP) is 3.35. The van der Waals surface area contributed by atoms with Crippen molar-refractivity contribution in [2.24, 2.45) is 0 Å². The lowest BCUT2D eigenvalue weighted by Gasteiger charge is -2.00. The van der Waals surface area contributed by atoms with Crippen molar-refractivity contribution in [2.75, 3.05) is 0 Å². The van der Waals surface area contributed by atoms with Crippen LogP contribution in [0, 0.1) is 17.5 Å². The summed E-state index contributed by atoms with van der Waals surface area (Å²) in [6.45, 7) is 0.